The molecule has 18 heavy (non-hydrogen) atoms. The molecule has 1 heterocycles. The molecule has 0 spiro atoms. The van der Waals surface area contributed by atoms with Crippen molar-refractivity contribution in [1.29, 1.82) is 0 Å². The van der Waals surface area contributed by atoms with Crippen LogP contribution in [0.5, 0.6) is 0 Å². The predicted molar refractivity (Wildman–Crippen MR) is 71.0 cm³/mol. The zero-order chi connectivity index (χ0) is 13.1. The molecule has 1 amide bonds. The van der Waals surface area contributed by atoms with Gasteiger partial charge in [-0.15, -0.1) is 0 Å². The molecule has 2 N–H and O–H groups in total. The molecule has 0 radical (unpaired) electrons. The van der Waals surface area contributed by atoms with Crippen LogP contribution in [0.1, 0.15) is 49.1 Å². The van der Waals surface area contributed by atoms with Crippen molar-refractivity contribution >= 4 is 17.5 Å². The van der Waals surface area contributed by atoms with Crippen molar-refractivity contribution in [3.63, 3.8) is 0 Å². The van der Waals surface area contributed by atoms with Gasteiger partial charge >= 0.3 is 0 Å². The van der Waals surface area contributed by atoms with Gasteiger partial charge in [-0.25, -0.2) is 0 Å². The standard InChI is InChI=1S/C13H19ClN2O2/c1-2-3-11(17)7-15-13(18)12-6-9(14)8-16(12)10-4-5-10/h6,8,10-11,17H,2-5,7H2,1H3,(H,15,18). The summed E-state index contributed by atoms with van der Waals surface area (Å²) in [5.41, 5.74) is 0.589. The number of hydrogen-bond acceptors (Lipinski definition) is 2. The number of aliphatic hydroxyl groups excluding tert-OH is 1. The van der Waals surface area contributed by atoms with E-state index < -0.39 is 6.10 Å². The van der Waals surface area contributed by atoms with Crippen LogP contribution in [0.15, 0.2) is 12.3 Å². The number of amides is 1. The van der Waals surface area contributed by atoms with Crippen molar-refractivity contribution in [2.24, 2.45) is 0 Å². The molecule has 2 rings (SSSR count). The van der Waals surface area contributed by atoms with Crippen LogP contribution in [0.3, 0.4) is 0 Å². The molecule has 4 nitrogen and oxygen atoms in total. The monoisotopic (exact) mass is 270 g/mol. The maximum atomic E-state index is 12.0. The van der Waals surface area contributed by atoms with Gasteiger partial charge in [0.2, 0.25) is 0 Å². The molecule has 1 aromatic heterocycles. The number of rotatable bonds is 6. The van der Waals surface area contributed by atoms with Gasteiger partial charge in [0.1, 0.15) is 5.69 Å². The Kier molecular flexibility index (Phi) is 4.30. The van der Waals surface area contributed by atoms with Crippen molar-refractivity contribution in [1.82, 2.24) is 9.88 Å². The smallest absolute Gasteiger partial charge is 0.268 e. The Labute approximate surface area is 112 Å². The maximum Gasteiger partial charge on any atom is 0.268 e. The van der Waals surface area contributed by atoms with E-state index in [1.165, 1.54) is 0 Å². The number of nitrogens with zero attached hydrogens (tertiary/aromatic N) is 1. The van der Waals surface area contributed by atoms with Crippen LogP contribution in [-0.4, -0.2) is 28.2 Å². The van der Waals surface area contributed by atoms with Crippen LogP contribution in [0, 0.1) is 0 Å². The fourth-order valence-electron chi connectivity index (χ4n) is 2.02. The van der Waals surface area contributed by atoms with Crippen LogP contribution in [-0.2, 0) is 0 Å². The fraction of sp³-hybridized carbons (Fsp3) is 0.615. The minimum atomic E-state index is -0.473. The van der Waals surface area contributed by atoms with E-state index in [1.807, 2.05) is 11.5 Å². The third kappa shape index (κ3) is 3.27. The minimum absolute atomic E-state index is 0.163. The van der Waals surface area contributed by atoms with E-state index in [-0.39, 0.29) is 5.91 Å². The van der Waals surface area contributed by atoms with Gasteiger partial charge < -0.3 is 15.0 Å². The fourth-order valence-corrected chi connectivity index (χ4v) is 2.23. The number of carbonyl (C=O) groups is 1. The van der Waals surface area contributed by atoms with Crippen LogP contribution in [0.2, 0.25) is 5.02 Å². The van der Waals surface area contributed by atoms with Crippen molar-refractivity contribution in [2.45, 2.75) is 44.8 Å². The molecule has 1 aliphatic carbocycles. The highest BCUT2D eigenvalue weighted by Crippen LogP contribution is 2.37. The summed E-state index contributed by atoms with van der Waals surface area (Å²) in [7, 11) is 0. The van der Waals surface area contributed by atoms with E-state index in [9.17, 15) is 9.90 Å². The van der Waals surface area contributed by atoms with E-state index in [0.29, 0.717) is 29.7 Å². The number of aromatic nitrogens is 1. The van der Waals surface area contributed by atoms with Crippen molar-refractivity contribution in [3.05, 3.63) is 23.0 Å². The van der Waals surface area contributed by atoms with Crippen LogP contribution < -0.4 is 5.32 Å². The second kappa shape index (κ2) is 5.76. The Morgan fingerprint density at radius 1 is 1.67 bits per heavy atom. The SMILES string of the molecule is CCCC(O)CNC(=O)c1cc(Cl)cn1C1CC1. The highest BCUT2D eigenvalue weighted by atomic mass is 35.5. The maximum absolute atomic E-state index is 12.0. The molecule has 100 valence electrons. The summed E-state index contributed by atoms with van der Waals surface area (Å²) in [6.07, 6.45) is 5.13. The minimum Gasteiger partial charge on any atom is -0.391 e. The first-order chi connectivity index (χ1) is 8.61. The first-order valence-corrected chi connectivity index (χ1v) is 6.83. The third-order valence-electron chi connectivity index (χ3n) is 3.11. The predicted octanol–water partition coefficient (Wildman–Crippen LogP) is 2.37. The molecule has 1 unspecified atom stereocenters. The van der Waals surface area contributed by atoms with Gasteiger partial charge in [-0.2, -0.15) is 0 Å². The molecule has 0 aliphatic heterocycles. The molecular formula is C13H19ClN2O2. The molecule has 1 saturated carbocycles. The lowest BCUT2D eigenvalue weighted by Crippen LogP contribution is -2.33. The first kappa shape index (κ1) is 13.4. The van der Waals surface area contributed by atoms with E-state index in [4.69, 9.17) is 11.6 Å². The van der Waals surface area contributed by atoms with Gasteiger partial charge in [0.05, 0.1) is 11.1 Å². The van der Waals surface area contributed by atoms with Crippen molar-refractivity contribution in [3.8, 4) is 0 Å². The number of nitrogens with one attached hydrogen (secondary N) is 1. The lowest BCUT2D eigenvalue weighted by Gasteiger charge is -2.12. The quantitative estimate of drug-likeness (QED) is 0.834. The Bertz CT molecular complexity index is 427. The lowest BCUT2D eigenvalue weighted by molar-refractivity contribution is 0.0901. The van der Waals surface area contributed by atoms with Gasteiger partial charge in [-0.05, 0) is 25.3 Å². The van der Waals surface area contributed by atoms with Gasteiger partial charge in [-0.1, -0.05) is 24.9 Å². The lowest BCUT2D eigenvalue weighted by atomic mass is 10.2. The normalized spacial score (nSPS) is 16.6. The Balaban J connectivity index is 1.96. The highest BCUT2D eigenvalue weighted by Gasteiger charge is 2.27. The van der Waals surface area contributed by atoms with Crippen LogP contribution in [0.25, 0.3) is 0 Å². The Morgan fingerprint density at radius 2 is 2.39 bits per heavy atom. The zero-order valence-electron chi connectivity index (χ0n) is 10.5. The van der Waals surface area contributed by atoms with Crippen molar-refractivity contribution < 1.29 is 9.90 Å². The second-order valence-corrected chi connectivity index (χ2v) is 5.27. The molecule has 5 heteroatoms. The Hall–Kier alpha value is -1.00. The largest absolute Gasteiger partial charge is 0.391 e. The first-order valence-electron chi connectivity index (χ1n) is 6.45. The number of aliphatic hydroxyl groups is 1. The average Bonchev–Trinajstić information content (AvgIpc) is 3.10. The van der Waals surface area contributed by atoms with Crippen LogP contribution >= 0.6 is 11.6 Å². The highest BCUT2D eigenvalue weighted by molar-refractivity contribution is 6.31. The number of carbonyl (C=O) groups excluding carboxylic acids is 1. The van der Waals surface area contributed by atoms with Gasteiger partial charge in [0, 0.05) is 18.8 Å². The van der Waals surface area contributed by atoms with Crippen molar-refractivity contribution in [2.75, 3.05) is 6.54 Å². The summed E-state index contributed by atoms with van der Waals surface area (Å²) in [5.74, 6) is -0.163. The van der Waals surface area contributed by atoms with E-state index in [1.54, 1.807) is 12.3 Å². The van der Waals surface area contributed by atoms with E-state index in [2.05, 4.69) is 5.32 Å². The van der Waals surface area contributed by atoms with Gasteiger partial charge in [0.25, 0.3) is 5.91 Å². The molecule has 1 aliphatic rings. The molecule has 0 aromatic carbocycles. The molecule has 1 fully saturated rings. The van der Waals surface area contributed by atoms with Crippen LogP contribution in [0.4, 0.5) is 0 Å². The van der Waals surface area contributed by atoms with E-state index in [0.717, 1.165) is 19.3 Å². The summed E-state index contributed by atoms with van der Waals surface area (Å²) in [5, 5.41) is 12.9. The Morgan fingerprint density at radius 3 is 3.00 bits per heavy atom. The number of halogens is 1. The third-order valence-corrected chi connectivity index (χ3v) is 3.31. The molecule has 0 bridgehead atoms. The zero-order valence-corrected chi connectivity index (χ0v) is 11.3. The number of hydrogen-bond donors (Lipinski definition) is 2. The summed E-state index contributed by atoms with van der Waals surface area (Å²) >= 11 is 5.94. The topological polar surface area (TPSA) is 54.3 Å². The molecule has 1 aromatic rings. The molecule has 1 atom stereocenters. The average molecular weight is 271 g/mol. The summed E-state index contributed by atoms with van der Waals surface area (Å²) in [6, 6.07) is 2.10. The van der Waals surface area contributed by atoms with Gasteiger partial charge in [-0.3, -0.25) is 4.79 Å². The summed E-state index contributed by atoms with van der Waals surface area (Å²) < 4.78 is 1.93. The van der Waals surface area contributed by atoms with Gasteiger partial charge in [0.15, 0.2) is 0 Å². The van der Waals surface area contributed by atoms with E-state index >= 15 is 0 Å². The summed E-state index contributed by atoms with van der Waals surface area (Å²) in [4.78, 5) is 12.0. The summed E-state index contributed by atoms with van der Waals surface area (Å²) in [6.45, 7) is 2.29. The second-order valence-electron chi connectivity index (χ2n) is 4.83. The molecular weight excluding hydrogens is 252 g/mol. The molecule has 0 saturated heterocycles.